The summed E-state index contributed by atoms with van der Waals surface area (Å²) in [5, 5.41) is 12.9. The van der Waals surface area contributed by atoms with Crippen LogP contribution < -0.4 is 0 Å². The van der Waals surface area contributed by atoms with Crippen LogP contribution in [0.4, 0.5) is 0 Å². The standard InChI is InChI=1S/C8H8N2O2/c1-6-2-3-8(12-6)10-5-7(11)4-9-10/h2-5,11H,1H3. The van der Waals surface area contributed by atoms with Crippen molar-refractivity contribution in [1.82, 2.24) is 9.78 Å². The fourth-order valence-electron chi connectivity index (χ4n) is 0.979. The van der Waals surface area contributed by atoms with Crippen molar-refractivity contribution in [2.45, 2.75) is 6.92 Å². The molecule has 2 heterocycles. The van der Waals surface area contributed by atoms with Crippen LogP contribution in [0.25, 0.3) is 5.88 Å². The predicted octanol–water partition coefficient (Wildman–Crippen LogP) is 1.48. The number of aromatic hydroxyl groups is 1. The number of nitrogens with zero attached hydrogens (tertiary/aromatic N) is 2. The number of hydrogen-bond acceptors (Lipinski definition) is 3. The molecule has 4 heteroatoms. The molecule has 0 spiro atoms. The zero-order valence-corrected chi connectivity index (χ0v) is 6.56. The predicted molar refractivity (Wildman–Crippen MR) is 42.2 cm³/mol. The minimum absolute atomic E-state index is 0.129. The molecule has 0 fully saturated rings. The molecule has 0 bridgehead atoms. The van der Waals surface area contributed by atoms with Gasteiger partial charge in [0.15, 0.2) is 5.75 Å². The first kappa shape index (κ1) is 6.97. The van der Waals surface area contributed by atoms with E-state index in [1.54, 1.807) is 6.07 Å². The molecule has 12 heavy (non-hydrogen) atoms. The van der Waals surface area contributed by atoms with E-state index in [4.69, 9.17) is 9.52 Å². The Morgan fingerprint density at radius 3 is 2.83 bits per heavy atom. The quantitative estimate of drug-likeness (QED) is 0.694. The minimum atomic E-state index is 0.129. The molecule has 0 aliphatic rings. The van der Waals surface area contributed by atoms with Crippen molar-refractivity contribution in [2.24, 2.45) is 0 Å². The molecule has 0 atom stereocenters. The summed E-state index contributed by atoms with van der Waals surface area (Å²) in [5.74, 6) is 1.55. The molecule has 0 aliphatic carbocycles. The summed E-state index contributed by atoms with van der Waals surface area (Å²) in [6.45, 7) is 1.85. The third-order valence-corrected chi connectivity index (χ3v) is 1.52. The van der Waals surface area contributed by atoms with Gasteiger partial charge in [-0.15, -0.1) is 0 Å². The lowest BCUT2D eigenvalue weighted by Crippen LogP contribution is -1.90. The van der Waals surface area contributed by atoms with Gasteiger partial charge in [0.05, 0.1) is 12.4 Å². The lowest BCUT2D eigenvalue weighted by Gasteiger charge is -1.92. The van der Waals surface area contributed by atoms with Crippen LogP contribution in [0.2, 0.25) is 0 Å². The molecule has 62 valence electrons. The van der Waals surface area contributed by atoms with Gasteiger partial charge >= 0.3 is 0 Å². The van der Waals surface area contributed by atoms with Gasteiger partial charge in [-0.2, -0.15) is 5.10 Å². The first-order chi connectivity index (χ1) is 5.75. The molecule has 0 saturated heterocycles. The Morgan fingerprint density at radius 1 is 1.50 bits per heavy atom. The van der Waals surface area contributed by atoms with E-state index in [9.17, 15) is 0 Å². The molecule has 1 N–H and O–H groups in total. The van der Waals surface area contributed by atoms with E-state index < -0.39 is 0 Å². The Hall–Kier alpha value is -1.71. The van der Waals surface area contributed by atoms with E-state index in [1.165, 1.54) is 17.1 Å². The smallest absolute Gasteiger partial charge is 0.220 e. The highest BCUT2D eigenvalue weighted by Gasteiger charge is 2.02. The maximum atomic E-state index is 9.00. The minimum Gasteiger partial charge on any atom is -0.505 e. The van der Waals surface area contributed by atoms with Crippen LogP contribution in [-0.2, 0) is 0 Å². The number of hydrogen-bond donors (Lipinski definition) is 1. The lowest BCUT2D eigenvalue weighted by molar-refractivity contribution is 0.471. The molecule has 0 amide bonds. The Morgan fingerprint density at radius 2 is 2.33 bits per heavy atom. The normalized spacial score (nSPS) is 10.4. The van der Waals surface area contributed by atoms with E-state index >= 15 is 0 Å². The van der Waals surface area contributed by atoms with Gasteiger partial charge in [0.1, 0.15) is 5.76 Å². The summed E-state index contributed by atoms with van der Waals surface area (Å²) in [6, 6.07) is 3.63. The zero-order chi connectivity index (χ0) is 8.55. The van der Waals surface area contributed by atoms with Crippen molar-refractivity contribution in [1.29, 1.82) is 0 Å². The van der Waals surface area contributed by atoms with E-state index in [0.29, 0.717) is 5.88 Å². The van der Waals surface area contributed by atoms with Crippen LogP contribution in [0, 0.1) is 6.92 Å². The van der Waals surface area contributed by atoms with Crippen LogP contribution in [-0.4, -0.2) is 14.9 Å². The highest BCUT2D eigenvalue weighted by molar-refractivity contribution is 5.23. The molecule has 2 aromatic rings. The maximum absolute atomic E-state index is 9.00. The van der Waals surface area contributed by atoms with E-state index in [2.05, 4.69) is 5.10 Å². The topological polar surface area (TPSA) is 51.2 Å². The lowest BCUT2D eigenvalue weighted by atomic mass is 10.5. The van der Waals surface area contributed by atoms with Crippen LogP contribution in [0.15, 0.2) is 28.9 Å². The van der Waals surface area contributed by atoms with Gasteiger partial charge in [-0.25, -0.2) is 4.68 Å². The van der Waals surface area contributed by atoms with Crippen molar-refractivity contribution >= 4 is 0 Å². The number of furan rings is 1. The fourth-order valence-corrected chi connectivity index (χ4v) is 0.979. The summed E-state index contributed by atoms with van der Waals surface area (Å²) in [4.78, 5) is 0. The summed E-state index contributed by atoms with van der Waals surface area (Å²) in [6.07, 6.45) is 2.84. The van der Waals surface area contributed by atoms with Crippen LogP contribution in [0.3, 0.4) is 0 Å². The number of aryl methyl sites for hydroxylation is 1. The maximum Gasteiger partial charge on any atom is 0.220 e. The summed E-state index contributed by atoms with van der Waals surface area (Å²) >= 11 is 0. The van der Waals surface area contributed by atoms with Gasteiger partial charge in [-0.1, -0.05) is 0 Å². The molecule has 2 rings (SSSR count). The van der Waals surface area contributed by atoms with Crippen molar-refractivity contribution in [3.63, 3.8) is 0 Å². The van der Waals surface area contributed by atoms with Crippen LogP contribution in [0.5, 0.6) is 5.75 Å². The molecular weight excluding hydrogens is 156 g/mol. The number of aromatic nitrogens is 2. The molecule has 0 radical (unpaired) electrons. The third-order valence-electron chi connectivity index (χ3n) is 1.52. The molecule has 0 aliphatic heterocycles. The highest BCUT2D eigenvalue weighted by Crippen LogP contribution is 2.14. The van der Waals surface area contributed by atoms with Gasteiger partial charge in [0.25, 0.3) is 0 Å². The SMILES string of the molecule is Cc1ccc(-n2cc(O)cn2)o1. The van der Waals surface area contributed by atoms with Crippen LogP contribution in [0.1, 0.15) is 5.76 Å². The molecule has 4 nitrogen and oxygen atoms in total. The Labute approximate surface area is 69.0 Å². The molecular formula is C8H8N2O2. The van der Waals surface area contributed by atoms with Gasteiger partial charge in [0, 0.05) is 6.07 Å². The average Bonchev–Trinajstić information content (AvgIpc) is 2.58. The van der Waals surface area contributed by atoms with E-state index in [-0.39, 0.29) is 5.75 Å². The second-order valence-corrected chi connectivity index (χ2v) is 2.53. The Bertz CT molecular complexity index is 351. The monoisotopic (exact) mass is 164 g/mol. The first-order valence-corrected chi connectivity index (χ1v) is 3.56. The largest absolute Gasteiger partial charge is 0.505 e. The zero-order valence-electron chi connectivity index (χ0n) is 6.56. The molecule has 0 unspecified atom stereocenters. The Kier molecular flexibility index (Phi) is 1.40. The van der Waals surface area contributed by atoms with Crippen LogP contribution >= 0.6 is 0 Å². The van der Waals surface area contributed by atoms with Crippen molar-refractivity contribution in [2.75, 3.05) is 0 Å². The Balaban J connectivity index is 2.43. The first-order valence-electron chi connectivity index (χ1n) is 3.56. The average molecular weight is 164 g/mol. The van der Waals surface area contributed by atoms with E-state index in [1.807, 2.05) is 13.0 Å². The summed E-state index contributed by atoms with van der Waals surface area (Å²) in [5.41, 5.74) is 0. The molecule has 0 saturated carbocycles. The van der Waals surface area contributed by atoms with Gasteiger partial charge < -0.3 is 9.52 Å². The van der Waals surface area contributed by atoms with Crippen molar-refractivity contribution < 1.29 is 9.52 Å². The van der Waals surface area contributed by atoms with E-state index in [0.717, 1.165) is 5.76 Å². The third kappa shape index (κ3) is 1.07. The van der Waals surface area contributed by atoms with Crippen molar-refractivity contribution in [3.05, 3.63) is 30.3 Å². The number of rotatable bonds is 1. The van der Waals surface area contributed by atoms with Gasteiger partial charge in [-0.05, 0) is 13.0 Å². The molecule has 0 aromatic carbocycles. The van der Waals surface area contributed by atoms with Crippen molar-refractivity contribution in [3.8, 4) is 11.6 Å². The molecule has 2 aromatic heterocycles. The summed E-state index contributed by atoms with van der Waals surface area (Å²) < 4.78 is 6.75. The second-order valence-electron chi connectivity index (χ2n) is 2.53. The van der Waals surface area contributed by atoms with Gasteiger partial charge in [0.2, 0.25) is 5.88 Å². The summed E-state index contributed by atoms with van der Waals surface area (Å²) in [7, 11) is 0. The fraction of sp³-hybridized carbons (Fsp3) is 0.125. The second kappa shape index (κ2) is 2.41. The highest BCUT2D eigenvalue weighted by atomic mass is 16.4. The van der Waals surface area contributed by atoms with Gasteiger partial charge in [-0.3, -0.25) is 0 Å².